The lowest BCUT2D eigenvalue weighted by molar-refractivity contribution is 0.135. The molecule has 23 heavy (non-hydrogen) atoms. The quantitative estimate of drug-likeness (QED) is 0.846. The number of benzene rings is 1. The van der Waals surface area contributed by atoms with Crippen LogP contribution in [-0.2, 0) is 10.0 Å². The molecule has 2 fully saturated rings. The Kier molecular flexibility index (Phi) is 5.11. The molecule has 2 aliphatic heterocycles. The van der Waals surface area contributed by atoms with Crippen LogP contribution in [0.5, 0.6) is 5.75 Å². The van der Waals surface area contributed by atoms with Gasteiger partial charge in [0.2, 0.25) is 10.0 Å². The van der Waals surface area contributed by atoms with Crippen molar-refractivity contribution in [3.63, 3.8) is 0 Å². The topological polar surface area (TPSA) is 49.9 Å². The third-order valence-corrected chi connectivity index (χ3v) is 6.03. The molecular formula is C17H26N2O3S. The van der Waals surface area contributed by atoms with Gasteiger partial charge in [-0.05, 0) is 56.4 Å². The van der Waals surface area contributed by atoms with Crippen LogP contribution >= 0.6 is 0 Å². The zero-order chi connectivity index (χ0) is 16.3. The number of anilines is 1. The molecule has 0 amide bonds. The maximum Gasteiger partial charge on any atom is 0.211 e. The SMILES string of the molecule is CS(=O)(=O)N1CCC(Oc2ccc(N3CCCCC3)cc2)CC1. The highest BCUT2D eigenvalue weighted by Crippen LogP contribution is 2.25. The number of hydrogen-bond acceptors (Lipinski definition) is 4. The molecule has 0 aliphatic carbocycles. The molecule has 5 nitrogen and oxygen atoms in total. The van der Waals surface area contributed by atoms with E-state index < -0.39 is 10.0 Å². The van der Waals surface area contributed by atoms with Gasteiger partial charge in [0.05, 0.1) is 6.26 Å². The molecule has 6 heteroatoms. The minimum Gasteiger partial charge on any atom is -0.490 e. The number of rotatable bonds is 4. The molecule has 0 spiro atoms. The van der Waals surface area contributed by atoms with Crippen molar-refractivity contribution in [2.45, 2.75) is 38.2 Å². The van der Waals surface area contributed by atoms with Crippen LogP contribution in [0.15, 0.2) is 24.3 Å². The summed E-state index contributed by atoms with van der Waals surface area (Å²) in [6, 6.07) is 8.33. The first-order valence-electron chi connectivity index (χ1n) is 8.49. The van der Waals surface area contributed by atoms with Crippen LogP contribution < -0.4 is 9.64 Å². The van der Waals surface area contributed by atoms with Crippen molar-refractivity contribution >= 4 is 15.7 Å². The molecule has 2 saturated heterocycles. The van der Waals surface area contributed by atoms with Crippen molar-refractivity contribution in [1.82, 2.24) is 4.31 Å². The van der Waals surface area contributed by atoms with Gasteiger partial charge in [0.15, 0.2) is 0 Å². The minimum atomic E-state index is -3.07. The summed E-state index contributed by atoms with van der Waals surface area (Å²) in [6.45, 7) is 3.39. The van der Waals surface area contributed by atoms with Crippen LogP contribution in [0.25, 0.3) is 0 Å². The van der Waals surface area contributed by atoms with Gasteiger partial charge in [-0.3, -0.25) is 0 Å². The number of ether oxygens (including phenoxy) is 1. The fraction of sp³-hybridized carbons (Fsp3) is 0.647. The highest BCUT2D eigenvalue weighted by atomic mass is 32.2. The fourth-order valence-corrected chi connectivity index (χ4v) is 4.24. The van der Waals surface area contributed by atoms with Crippen LogP contribution in [-0.4, -0.2) is 51.3 Å². The van der Waals surface area contributed by atoms with Gasteiger partial charge < -0.3 is 9.64 Å². The zero-order valence-electron chi connectivity index (χ0n) is 13.8. The second kappa shape index (κ2) is 7.09. The van der Waals surface area contributed by atoms with E-state index in [0.717, 1.165) is 31.7 Å². The first-order valence-corrected chi connectivity index (χ1v) is 10.3. The second-order valence-electron chi connectivity index (χ2n) is 6.52. The molecule has 1 aromatic rings. The van der Waals surface area contributed by atoms with Crippen molar-refractivity contribution < 1.29 is 13.2 Å². The molecule has 1 aromatic carbocycles. The van der Waals surface area contributed by atoms with Crippen LogP contribution in [0, 0.1) is 0 Å². The van der Waals surface area contributed by atoms with E-state index >= 15 is 0 Å². The summed E-state index contributed by atoms with van der Waals surface area (Å²) in [4.78, 5) is 2.43. The fourth-order valence-electron chi connectivity index (χ4n) is 3.36. The van der Waals surface area contributed by atoms with Crippen molar-refractivity contribution in [2.24, 2.45) is 0 Å². The van der Waals surface area contributed by atoms with Crippen molar-refractivity contribution in [3.05, 3.63) is 24.3 Å². The third kappa shape index (κ3) is 4.38. The number of piperidine rings is 2. The first kappa shape index (κ1) is 16.6. The standard InChI is InChI=1S/C17H26N2O3S/c1-23(20,21)19-13-9-17(10-14-19)22-16-7-5-15(6-8-16)18-11-3-2-4-12-18/h5-8,17H,2-4,9-14H2,1H3. The van der Waals surface area contributed by atoms with E-state index in [1.54, 1.807) is 0 Å². The highest BCUT2D eigenvalue weighted by Gasteiger charge is 2.25. The Morgan fingerprint density at radius 3 is 2.13 bits per heavy atom. The average Bonchev–Trinajstić information content (AvgIpc) is 2.56. The van der Waals surface area contributed by atoms with Crippen LogP contribution in [0.2, 0.25) is 0 Å². The average molecular weight is 338 g/mol. The summed E-state index contributed by atoms with van der Waals surface area (Å²) in [5, 5.41) is 0. The second-order valence-corrected chi connectivity index (χ2v) is 8.50. The van der Waals surface area contributed by atoms with E-state index in [9.17, 15) is 8.42 Å². The van der Waals surface area contributed by atoms with Crippen LogP contribution in [0.4, 0.5) is 5.69 Å². The summed E-state index contributed by atoms with van der Waals surface area (Å²) in [6.07, 6.45) is 6.77. The van der Waals surface area contributed by atoms with E-state index in [0.29, 0.717) is 13.1 Å². The number of sulfonamides is 1. The number of nitrogens with zero attached hydrogens (tertiary/aromatic N) is 2. The lowest BCUT2D eigenvalue weighted by atomic mass is 10.1. The van der Waals surface area contributed by atoms with E-state index in [1.807, 2.05) is 12.1 Å². The van der Waals surface area contributed by atoms with E-state index in [2.05, 4.69) is 17.0 Å². The van der Waals surface area contributed by atoms with E-state index in [-0.39, 0.29) is 6.10 Å². The smallest absolute Gasteiger partial charge is 0.211 e. The Balaban J connectivity index is 1.53. The lowest BCUT2D eigenvalue weighted by Gasteiger charge is -2.31. The van der Waals surface area contributed by atoms with Gasteiger partial charge >= 0.3 is 0 Å². The summed E-state index contributed by atoms with van der Waals surface area (Å²) < 4.78 is 30.6. The summed E-state index contributed by atoms with van der Waals surface area (Å²) >= 11 is 0. The minimum absolute atomic E-state index is 0.105. The van der Waals surface area contributed by atoms with Gasteiger partial charge in [0.1, 0.15) is 11.9 Å². The zero-order valence-corrected chi connectivity index (χ0v) is 14.6. The largest absolute Gasteiger partial charge is 0.490 e. The molecule has 0 radical (unpaired) electrons. The van der Waals surface area contributed by atoms with Gasteiger partial charge in [0, 0.05) is 31.9 Å². The van der Waals surface area contributed by atoms with Gasteiger partial charge in [-0.15, -0.1) is 0 Å². The van der Waals surface area contributed by atoms with Gasteiger partial charge in [-0.2, -0.15) is 0 Å². The van der Waals surface area contributed by atoms with Crippen molar-refractivity contribution in [3.8, 4) is 5.75 Å². The molecule has 0 bridgehead atoms. The highest BCUT2D eigenvalue weighted by molar-refractivity contribution is 7.88. The van der Waals surface area contributed by atoms with Crippen molar-refractivity contribution in [1.29, 1.82) is 0 Å². The predicted molar refractivity (Wildman–Crippen MR) is 92.6 cm³/mol. The molecule has 0 atom stereocenters. The normalized spacial score (nSPS) is 21.3. The molecule has 3 rings (SSSR count). The Morgan fingerprint density at radius 2 is 1.57 bits per heavy atom. The van der Waals surface area contributed by atoms with E-state index in [4.69, 9.17) is 4.74 Å². The Labute approximate surface area is 139 Å². The van der Waals surface area contributed by atoms with Crippen molar-refractivity contribution in [2.75, 3.05) is 37.3 Å². The number of hydrogen-bond donors (Lipinski definition) is 0. The summed E-state index contributed by atoms with van der Waals surface area (Å²) in [5.74, 6) is 0.878. The Hall–Kier alpha value is -1.27. The molecular weight excluding hydrogens is 312 g/mol. The molecule has 0 aromatic heterocycles. The third-order valence-electron chi connectivity index (χ3n) is 4.73. The molecule has 128 valence electrons. The molecule has 0 saturated carbocycles. The maximum absolute atomic E-state index is 11.5. The van der Waals surface area contributed by atoms with Crippen LogP contribution in [0.3, 0.4) is 0 Å². The van der Waals surface area contributed by atoms with Gasteiger partial charge in [-0.25, -0.2) is 12.7 Å². The summed E-state index contributed by atoms with van der Waals surface area (Å²) in [5.41, 5.74) is 1.27. The molecule has 2 heterocycles. The Morgan fingerprint density at radius 1 is 0.957 bits per heavy atom. The van der Waals surface area contributed by atoms with Gasteiger partial charge in [-0.1, -0.05) is 0 Å². The first-order chi connectivity index (χ1) is 11.0. The molecule has 0 N–H and O–H groups in total. The lowest BCUT2D eigenvalue weighted by Crippen LogP contribution is -2.41. The predicted octanol–water partition coefficient (Wildman–Crippen LogP) is 2.48. The van der Waals surface area contributed by atoms with Crippen LogP contribution in [0.1, 0.15) is 32.1 Å². The van der Waals surface area contributed by atoms with E-state index in [1.165, 1.54) is 35.5 Å². The monoisotopic (exact) mass is 338 g/mol. The Bertz CT molecular complexity index is 601. The molecule has 0 unspecified atom stereocenters. The maximum atomic E-state index is 11.5. The summed E-state index contributed by atoms with van der Waals surface area (Å²) in [7, 11) is -3.07. The van der Waals surface area contributed by atoms with Gasteiger partial charge in [0.25, 0.3) is 0 Å². The molecule has 2 aliphatic rings.